The highest BCUT2D eigenvalue weighted by Gasteiger charge is 2.01. The molecule has 5 heteroatoms. The van der Waals surface area contributed by atoms with Crippen molar-refractivity contribution < 1.29 is 9.18 Å². The number of hydrogen-bond donors (Lipinski definition) is 1. The average molecular weight is 355 g/mol. The third kappa shape index (κ3) is 4.18. The van der Waals surface area contributed by atoms with Crippen molar-refractivity contribution in [1.82, 2.24) is 0 Å². The largest absolute Gasteiger partial charge is 0.322 e. The number of nitrogens with one attached hydrogen (secondary N) is 1. The maximum absolute atomic E-state index is 12.7. The van der Waals surface area contributed by atoms with Crippen LogP contribution in [0, 0.1) is 5.82 Å². The molecule has 0 bridgehead atoms. The molecule has 0 atom stereocenters. The molecule has 0 saturated heterocycles. The molecule has 1 N–H and O–H groups in total. The third-order valence-corrected chi connectivity index (χ3v) is 3.70. The van der Waals surface area contributed by atoms with Crippen molar-refractivity contribution in [2.24, 2.45) is 0 Å². The Balaban J connectivity index is 2.01. The normalized spacial score (nSPS) is 10.8. The molecule has 0 fully saturated rings. The molecule has 2 nitrogen and oxygen atoms in total. The lowest BCUT2D eigenvalue weighted by atomic mass is 10.2. The molecular weight excluding hydrogens is 345 g/mol. The molecule has 0 heterocycles. The summed E-state index contributed by atoms with van der Waals surface area (Å²) >= 11 is 9.15. The molecule has 0 radical (unpaired) electrons. The van der Waals surface area contributed by atoms with Gasteiger partial charge in [0.1, 0.15) is 5.82 Å². The van der Waals surface area contributed by atoms with Crippen LogP contribution in [-0.2, 0) is 4.79 Å². The lowest BCUT2D eigenvalue weighted by molar-refractivity contribution is -0.111. The molecule has 0 spiro atoms. The van der Waals surface area contributed by atoms with Crippen molar-refractivity contribution in [3.8, 4) is 0 Å². The predicted octanol–water partition coefficient (Wildman–Crippen LogP) is 4.89. The van der Waals surface area contributed by atoms with Crippen LogP contribution >= 0.6 is 27.5 Å². The second kappa shape index (κ2) is 6.68. The zero-order valence-electron chi connectivity index (χ0n) is 10.2. The quantitative estimate of drug-likeness (QED) is 0.781. The molecule has 102 valence electrons. The summed E-state index contributed by atoms with van der Waals surface area (Å²) in [5.74, 6) is -0.582. The fourth-order valence-corrected chi connectivity index (χ4v) is 2.00. The van der Waals surface area contributed by atoms with Gasteiger partial charge >= 0.3 is 0 Å². The van der Waals surface area contributed by atoms with Crippen LogP contribution in [0.3, 0.4) is 0 Å². The van der Waals surface area contributed by atoms with E-state index in [1.54, 1.807) is 36.4 Å². The van der Waals surface area contributed by atoms with Crippen molar-refractivity contribution in [2.45, 2.75) is 0 Å². The molecule has 0 aliphatic rings. The number of rotatable bonds is 3. The second-order valence-corrected chi connectivity index (χ2v) is 5.26. The Morgan fingerprint density at radius 3 is 2.55 bits per heavy atom. The fourth-order valence-electron chi connectivity index (χ4n) is 1.50. The van der Waals surface area contributed by atoms with Gasteiger partial charge in [-0.05, 0) is 57.9 Å². The zero-order chi connectivity index (χ0) is 14.5. The number of anilines is 1. The summed E-state index contributed by atoms with van der Waals surface area (Å²) in [4.78, 5) is 11.7. The standard InChI is InChI=1S/C15H10BrClFNO/c16-13-9-12(6-7-14(13)17)19-15(20)8-3-10-1-4-11(18)5-2-10/h1-9H,(H,19,20)/b8-3+. The molecule has 0 unspecified atom stereocenters. The first kappa shape index (κ1) is 14.8. The van der Waals surface area contributed by atoms with E-state index in [1.165, 1.54) is 18.2 Å². The molecule has 2 aromatic rings. The highest BCUT2D eigenvalue weighted by atomic mass is 79.9. The molecule has 0 aliphatic carbocycles. The second-order valence-electron chi connectivity index (χ2n) is 4.00. The van der Waals surface area contributed by atoms with Gasteiger partial charge in [0, 0.05) is 16.2 Å². The molecule has 20 heavy (non-hydrogen) atoms. The van der Waals surface area contributed by atoms with Crippen molar-refractivity contribution in [2.75, 3.05) is 5.32 Å². The predicted molar refractivity (Wildman–Crippen MR) is 83.2 cm³/mol. The molecule has 0 aliphatic heterocycles. The number of carbonyl (C=O) groups is 1. The fraction of sp³-hybridized carbons (Fsp3) is 0. The molecule has 2 rings (SSSR count). The van der Waals surface area contributed by atoms with Crippen molar-refractivity contribution in [3.05, 3.63) is 69.4 Å². The van der Waals surface area contributed by atoms with Crippen LogP contribution in [-0.4, -0.2) is 5.91 Å². The molecule has 0 aromatic heterocycles. The van der Waals surface area contributed by atoms with Gasteiger partial charge in [-0.2, -0.15) is 0 Å². The summed E-state index contributed by atoms with van der Waals surface area (Å²) in [6.07, 6.45) is 3.00. The Hall–Kier alpha value is -1.65. The minimum atomic E-state index is -0.308. The summed E-state index contributed by atoms with van der Waals surface area (Å²) in [5, 5.41) is 3.28. The first-order valence-corrected chi connectivity index (χ1v) is 6.91. The van der Waals surface area contributed by atoms with E-state index in [1.807, 2.05) is 0 Å². The monoisotopic (exact) mass is 353 g/mol. The molecule has 1 amide bonds. The van der Waals surface area contributed by atoms with Gasteiger partial charge in [0.05, 0.1) is 5.02 Å². The maximum Gasteiger partial charge on any atom is 0.248 e. The van der Waals surface area contributed by atoms with Crippen LogP contribution in [0.2, 0.25) is 5.02 Å². The van der Waals surface area contributed by atoms with Gasteiger partial charge in [0.15, 0.2) is 0 Å². The van der Waals surface area contributed by atoms with Crippen LogP contribution in [0.1, 0.15) is 5.56 Å². The van der Waals surface area contributed by atoms with Gasteiger partial charge in [0.25, 0.3) is 0 Å². The van der Waals surface area contributed by atoms with Gasteiger partial charge in [0.2, 0.25) is 5.91 Å². The molecule has 0 saturated carbocycles. The first-order chi connectivity index (χ1) is 9.54. The SMILES string of the molecule is O=C(/C=C/c1ccc(F)cc1)Nc1ccc(Cl)c(Br)c1. The first-order valence-electron chi connectivity index (χ1n) is 5.74. The van der Waals surface area contributed by atoms with Crippen molar-refractivity contribution in [1.29, 1.82) is 0 Å². The number of halogens is 3. The van der Waals surface area contributed by atoms with E-state index in [2.05, 4.69) is 21.2 Å². The highest BCUT2D eigenvalue weighted by Crippen LogP contribution is 2.25. The minimum absolute atomic E-state index is 0.274. The van der Waals surface area contributed by atoms with Gasteiger partial charge in [-0.3, -0.25) is 4.79 Å². The van der Waals surface area contributed by atoms with Crippen LogP contribution < -0.4 is 5.32 Å². The van der Waals surface area contributed by atoms with E-state index >= 15 is 0 Å². The number of hydrogen-bond acceptors (Lipinski definition) is 1. The summed E-state index contributed by atoms with van der Waals surface area (Å²) in [6.45, 7) is 0. The van der Waals surface area contributed by atoms with Crippen LogP contribution in [0.25, 0.3) is 6.08 Å². The number of benzene rings is 2. The number of amides is 1. The van der Waals surface area contributed by atoms with E-state index in [9.17, 15) is 9.18 Å². The van der Waals surface area contributed by atoms with Crippen LogP contribution in [0.15, 0.2) is 53.0 Å². The Morgan fingerprint density at radius 1 is 1.20 bits per heavy atom. The zero-order valence-corrected chi connectivity index (χ0v) is 12.6. The van der Waals surface area contributed by atoms with E-state index in [-0.39, 0.29) is 11.7 Å². The minimum Gasteiger partial charge on any atom is -0.322 e. The Kier molecular flexibility index (Phi) is 4.93. The molecular formula is C15H10BrClFNO. The van der Waals surface area contributed by atoms with Gasteiger partial charge in [-0.25, -0.2) is 4.39 Å². The summed E-state index contributed by atoms with van der Waals surface area (Å²) in [6, 6.07) is 11.0. The van der Waals surface area contributed by atoms with Crippen LogP contribution in [0.5, 0.6) is 0 Å². The van der Waals surface area contributed by atoms with E-state index in [4.69, 9.17) is 11.6 Å². The van der Waals surface area contributed by atoms with Gasteiger partial charge in [-0.15, -0.1) is 0 Å². The molecule has 2 aromatic carbocycles. The number of carbonyl (C=O) groups excluding carboxylic acids is 1. The lowest BCUT2D eigenvalue weighted by Crippen LogP contribution is -2.07. The maximum atomic E-state index is 12.7. The topological polar surface area (TPSA) is 29.1 Å². The van der Waals surface area contributed by atoms with Crippen LogP contribution in [0.4, 0.5) is 10.1 Å². The summed E-state index contributed by atoms with van der Waals surface area (Å²) in [7, 11) is 0. The third-order valence-electron chi connectivity index (χ3n) is 2.48. The lowest BCUT2D eigenvalue weighted by Gasteiger charge is -2.03. The van der Waals surface area contributed by atoms with Crippen molar-refractivity contribution >= 4 is 45.2 Å². The Bertz CT molecular complexity index is 655. The summed E-state index contributed by atoms with van der Waals surface area (Å²) < 4.78 is 13.4. The Morgan fingerprint density at radius 2 is 1.90 bits per heavy atom. The smallest absolute Gasteiger partial charge is 0.248 e. The van der Waals surface area contributed by atoms with Crippen molar-refractivity contribution in [3.63, 3.8) is 0 Å². The van der Waals surface area contributed by atoms with Gasteiger partial charge < -0.3 is 5.32 Å². The Labute approximate surface area is 129 Å². The average Bonchev–Trinajstić information content (AvgIpc) is 2.42. The van der Waals surface area contributed by atoms with Gasteiger partial charge in [-0.1, -0.05) is 23.7 Å². The van der Waals surface area contributed by atoms with E-state index < -0.39 is 0 Å². The van der Waals surface area contributed by atoms with E-state index in [0.717, 1.165) is 5.56 Å². The summed E-state index contributed by atoms with van der Waals surface area (Å²) in [5.41, 5.74) is 1.38. The highest BCUT2D eigenvalue weighted by molar-refractivity contribution is 9.10. The van der Waals surface area contributed by atoms with E-state index in [0.29, 0.717) is 15.2 Å².